The van der Waals surface area contributed by atoms with E-state index < -0.39 is 0 Å². The maximum Gasteiger partial charge on any atom is 0.338 e. The first kappa shape index (κ1) is 8.59. The van der Waals surface area contributed by atoms with E-state index in [-0.39, 0.29) is 5.97 Å². The normalized spacial score (nSPS) is 9.42. The van der Waals surface area contributed by atoms with Crippen LogP contribution >= 0.6 is 0 Å². The van der Waals surface area contributed by atoms with Crippen molar-refractivity contribution in [3.05, 3.63) is 36.4 Å². The molecule has 2 N–H and O–H groups in total. The second kappa shape index (κ2) is 3.76. The Labute approximate surface area is 71.1 Å². The molecule has 0 heterocycles. The average molecular weight is 164 g/mol. The van der Waals surface area contributed by atoms with Crippen molar-refractivity contribution in [1.82, 2.24) is 0 Å². The zero-order chi connectivity index (χ0) is 8.97. The highest BCUT2D eigenvalue weighted by molar-refractivity contribution is 5.89. The van der Waals surface area contributed by atoms with E-state index in [0.717, 1.165) is 0 Å². The van der Waals surface area contributed by atoms with Crippen LogP contribution in [-0.4, -0.2) is 5.97 Å². The van der Waals surface area contributed by atoms with Crippen LogP contribution in [-0.2, 0) is 4.74 Å². The van der Waals surface area contributed by atoms with E-state index in [4.69, 9.17) is 5.73 Å². The molecule has 0 aliphatic carbocycles. The molecule has 0 aliphatic heterocycles. The first-order chi connectivity index (χ1) is 5.74. The first-order valence-electron chi connectivity index (χ1n) is 3.58. The zero-order valence-electron chi connectivity index (χ0n) is 6.78. The Balaban J connectivity index is 2.75. The molecule has 1 aromatic carbocycles. The third-order valence-electron chi connectivity index (χ3n) is 1.37. The number of hydrogen-bond donors (Lipinski definition) is 1. The Bertz CT molecular complexity index is 266. The van der Waals surface area contributed by atoms with Gasteiger partial charge in [-0.3, -0.25) is 0 Å². The van der Waals surface area contributed by atoms with Crippen molar-refractivity contribution in [3.63, 3.8) is 0 Å². The van der Waals surface area contributed by atoms with Gasteiger partial charge in [0.05, 0.1) is 5.56 Å². The maximum absolute atomic E-state index is 11.1. The number of rotatable bonds is 2. The van der Waals surface area contributed by atoms with E-state index >= 15 is 0 Å². The van der Waals surface area contributed by atoms with Crippen LogP contribution < -0.4 is 5.73 Å². The fraction of sp³-hybridized carbons (Fsp3) is 0.111. The molecule has 0 aliphatic rings. The summed E-state index contributed by atoms with van der Waals surface area (Å²) in [6.07, 6.45) is 0. The van der Waals surface area contributed by atoms with Gasteiger partial charge in [-0.1, -0.05) is 0 Å². The second-order valence-electron chi connectivity index (χ2n) is 2.26. The molecule has 3 heteroatoms. The summed E-state index contributed by atoms with van der Waals surface area (Å²) in [4.78, 5) is 11.1. The smallest absolute Gasteiger partial charge is 0.338 e. The van der Waals surface area contributed by atoms with Crippen molar-refractivity contribution < 1.29 is 9.53 Å². The molecule has 0 saturated carbocycles. The molecule has 0 unspecified atom stereocenters. The summed E-state index contributed by atoms with van der Waals surface area (Å²) in [5.41, 5.74) is 6.57. The summed E-state index contributed by atoms with van der Waals surface area (Å²) in [5.74, 6) is -0.363. The fourth-order valence-electron chi connectivity index (χ4n) is 0.794. The van der Waals surface area contributed by atoms with Crippen LogP contribution in [0.3, 0.4) is 0 Å². The van der Waals surface area contributed by atoms with Gasteiger partial charge in [-0.05, 0) is 31.2 Å². The number of benzene rings is 1. The lowest BCUT2D eigenvalue weighted by molar-refractivity contribution is 0.0612. The first-order valence-corrected chi connectivity index (χ1v) is 3.58. The van der Waals surface area contributed by atoms with Crippen LogP contribution in [0.2, 0.25) is 0 Å². The fourth-order valence-corrected chi connectivity index (χ4v) is 0.794. The molecule has 1 rings (SSSR count). The third kappa shape index (κ3) is 1.99. The highest BCUT2D eigenvalue weighted by Gasteiger charge is 2.04. The van der Waals surface area contributed by atoms with Gasteiger partial charge in [0.2, 0.25) is 0 Å². The summed E-state index contributed by atoms with van der Waals surface area (Å²) in [7, 11) is 0. The van der Waals surface area contributed by atoms with Crippen LogP contribution in [0.15, 0.2) is 24.3 Å². The number of esters is 1. The largest absolute Gasteiger partial charge is 0.455 e. The molecule has 1 aromatic rings. The quantitative estimate of drug-likeness (QED) is 0.533. The van der Waals surface area contributed by atoms with E-state index in [1.807, 2.05) is 0 Å². The number of carbonyl (C=O) groups is 1. The maximum atomic E-state index is 11.1. The van der Waals surface area contributed by atoms with Crippen molar-refractivity contribution in [3.8, 4) is 0 Å². The van der Waals surface area contributed by atoms with E-state index in [0.29, 0.717) is 11.3 Å². The molecular weight excluding hydrogens is 154 g/mol. The summed E-state index contributed by atoms with van der Waals surface area (Å²) >= 11 is 0. The van der Waals surface area contributed by atoms with E-state index in [1.165, 1.54) is 6.61 Å². The molecule has 0 atom stereocenters. The topological polar surface area (TPSA) is 52.3 Å². The van der Waals surface area contributed by atoms with Gasteiger partial charge in [0.1, 0.15) is 6.61 Å². The Kier molecular flexibility index (Phi) is 2.69. The van der Waals surface area contributed by atoms with Crippen LogP contribution in [0, 0.1) is 6.61 Å². The van der Waals surface area contributed by atoms with Gasteiger partial charge in [0.25, 0.3) is 0 Å². The minimum Gasteiger partial charge on any atom is -0.455 e. The van der Waals surface area contributed by atoms with Crippen LogP contribution in [0.5, 0.6) is 0 Å². The predicted octanol–water partition coefficient (Wildman–Crippen LogP) is 1.61. The van der Waals surface area contributed by atoms with E-state index in [2.05, 4.69) is 4.74 Å². The molecule has 0 bridgehead atoms. The lowest BCUT2D eigenvalue weighted by atomic mass is 10.2. The van der Waals surface area contributed by atoms with Gasteiger partial charge in [-0.15, -0.1) is 0 Å². The molecule has 0 fully saturated rings. The minimum atomic E-state index is -0.363. The van der Waals surface area contributed by atoms with Crippen LogP contribution in [0.4, 0.5) is 5.69 Å². The summed E-state index contributed by atoms with van der Waals surface area (Å²) in [5, 5.41) is 0. The molecular formula is C9H10NO2. The van der Waals surface area contributed by atoms with Crippen molar-refractivity contribution >= 4 is 11.7 Å². The van der Waals surface area contributed by atoms with Crippen LogP contribution in [0.1, 0.15) is 17.3 Å². The van der Waals surface area contributed by atoms with Gasteiger partial charge in [0, 0.05) is 5.69 Å². The molecule has 12 heavy (non-hydrogen) atoms. The standard InChI is InChI=1S/C9H10NO2/c1-2-12-9(11)7-3-5-8(10)6-4-7/h2-6H,10H2,1H3. The highest BCUT2D eigenvalue weighted by atomic mass is 16.5. The summed E-state index contributed by atoms with van der Waals surface area (Å²) in [6, 6.07) is 6.57. The lowest BCUT2D eigenvalue weighted by Gasteiger charge is -2.00. The van der Waals surface area contributed by atoms with Crippen molar-refractivity contribution in [1.29, 1.82) is 0 Å². The SMILES string of the molecule is C[CH]OC(=O)c1ccc(N)cc1. The van der Waals surface area contributed by atoms with E-state index in [9.17, 15) is 4.79 Å². The highest BCUT2D eigenvalue weighted by Crippen LogP contribution is 2.06. The Morgan fingerprint density at radius 2 is 2.00 bits per heavy atom. The second-order valence-corrected chi connectivity index (χ2v) is 2.26. The molecule has 0 aromatic heterocycles. The van der Waals surface area contributed by atoms with Gasteiger partial charge in [-0.25, -0.2) is 4.79 Å². The molecule has 1 radical (unpaired) electrons. The zero-order valence-corrected chi connectivity index (χ0v) is 6.78. The Morgan fingerprint density at radius 1 is 1.42 bits per heavy atom. The molecule has 0 saturated heterocycles. The molecule has 63 valence electrons. The number of ether oxygens (including phenoxy) is 1. The monoisotopic (exact) mass is 164 g/mol. The predicted molar refractivity (Wildman–Crippen MR) is 46.2 cm³/mol. The number of nitrogens with two attached hydrogens (primary N) is 1. The molecule has 0 spiro atoms. The van der Waals surface area contributed by atoms with Gasteiger partial charge in [0.15, 0.2) is 0 Å². The van der Waals surface area contributed by atoms with Crippen molar-refractivity contribution in [2.75, 3.05) is 5.73 Å². The van der Waals surface area contributed by atoms with Gasteiger partial charge >= 0.3 is 5.97 Å². The van der Waals surface area contributed by atoms with Crippen molar-refractivity contribution in [2.24, 2.45) is 0 Å². The summed E-state index contributed by atoms with van der Waals surface area (Å²) < 4.78 is 4.66. The van der Waals surface area contributed by atoms with Crippen molar-refractivity contribution in [2.45, 2.75) is 6.92 Å². The third-order valence-corrected chi connectivity index (χ3v) is 1.37. The number of carbonyl (C=O) groups excluding carboxylic acids is 1. The van der Waals surface area contributed by atoms with Gasteiger partial charge < -0.3 is 10.5 Å². The number of anilines is 1. The van der Waals surface area contributed by atoms with Crippen LogP contribution in [0.25, 0.3) is 0 Å². The minimum absolute atomic E-state index is 0.363. The average Bonchev–Trinajstić information content (AvgIpc) is 2.06. The molecule has 0 amide bonds. The van der Waals surface area contributed by atoms with Gasteiger partial charge in [-0.2, -0.15) is 0 Å². The van der Waals surface area contributed by atoms with E-state index in [1.54, 1.807) is 31.2 Å². The Hall–Kier alpha value is -1.51. The number of hydrogen-bond acceptors (Lipinski definition) is 3. The number of nitrogen functional groups attached to an aromatic ring is 1. The Morgan fingerprint density at radius 3 is 2.50 bits per heavy atom. The molecule has 3 nitrogen and oxygen atoms in total. The lowest BCUT2D eigenvalue weighted by Crippen LogP contribution is -2.01. The summed E-state index contributed by atoms with van der Waals surface area (Å²) in [6.45, 7) is 2.99.